The maximum atomic E-state index is 12.4. The van der Waals surface area contributed by atoms with Crippen molar-refractivity contribution in [2.75, 3.05) is 32.8 Å². The van der Waals surface area contributed by atoms with Gasteiger partial charge in [0.15, 0.2) is 0 Å². The molecular formula is C21H31N3O3. The number of urea groups is 1. The number of nitrogens with zero attached hydrogens (tertiary/aromatic N) is 1. The summed E-state index contributed by atoms with van der Waals surface area (Å²) >= 11 is 0. The van der Waals surface area contributed by atoms with Gasteiger partial charge < -0.3 is 20.3 Å². The number of hydrogen-bond acceptors (Lipinski definition) is 3. The van der Waals surface area contributed by atoms with E-state index in [2.05, 4.69) is 22.8 Å². The lowest BCUT2D eigenvalue weighted by atomic mass is 9.73. The summed E-state index contributed by atoms with van der Waals surface area (Å²) in [4.78, 5) is 25.7. The van der Waals surface area contributed by atoms with Gasteiger partial charge in [-0.25, -0.2) is 4.79 Å². The average Bonchev–Trinajstić information content (AvgIpc) is 2.70. The Morgan fingerprint density at radius 3 is 2.59 bits per heavy atom. The Kier molecular flexibility index (Phi) is 6.58. The van der Waals surface area contributed by atoms with Gasteiger partial charge in [-0.1, -0.05) is 12.1 Å². The molecule has 0 radical (unpaired) electrons. The van der Waals surface area contributed by atoms with Gasteiger partial charge in [-0.05, 0) is 62.1 Å². The molecule has 0 saturated carbocycles. The van der Waals surface area contributed by atoms with Crippen LogP contribution < -0.4 is 15.4 Å². The van der Waals surface area contributed by atoms with Gasteiger partial charge in [0.2, 0.25) is 5.91 Å². The van der Waals surface area contributed by atoms with Crippen LogP contribution in [0.4, 0.5) is 4.79 Å². The fraction of sp³-hybridized carbons (Fsp3) is 0.619. The molecule has 27 heavy (non-hydrogen) atoms. The first-order chi connectivity index (χ1) is 13.1. The van der Waals surface area contributed by atoms with Crippen LogP contribution >= 0.6 is 0 Å². The average molecular weight is 373 g/mol. The molecule has 2 aliphatic rings. The Hall–Kier alpha value is -2.24. The summed E-state index contributed by atoms with van der Waals surface area (Å²) in [7, 11) is 0. The van der Waals surface area contributed by atoms with Crippen LogP contribution in [0.5, 0.6) is 5.75 Å². The smallest absolute Gasteiger partial charge is 0.317 e. The molecule has 3 amide bonds. The van der Waals surface area contributed by atoms with Crippen molar-refractivity contribution in [1.82, 2.24) is 15.5 Å². The van der Waals surface area contributed by atoms with Crippen LogP contribution in [0, 0.1) is 5.41 Å². The molecule has 2 heterocycles. The molecule has 0 bridgehead atoms. The fourth-order valence-corrected chi connectivity index (χ4v) is 3.97. The summed E-state index contributed by atoms with van der Waals surface area (Å²) < 4.78 is 5.45. The minimum Gasteiger partial charge on any atom is -0.494 e. The van der Waals surface area contributed by atoms with E-state index in [1.165, 1.54) is 5.56 Å². The lowest BCUT2D eigenvalue weighted by Crippen LogP contribution is -2.52. The van der Waals surface area contributed by atoms with Crippen molar-refractivity contribution in [2.24, 2.45) is 5.41 Å². The molecule has 2 fully saturated rings. The molecule has 2 saturated heterocycles. The van der Waals surface area contributed by atoms with Gasteiger partial charge in [0.25, 0.3) is 0 Å². The molecule has 2 aliphatic heterocycles. The summed E-state index contributed by atoms with van der Waals surface area (Å²) in [5.74, 6) is 1.06. The molecule has 2 N–H and O–H groups in total. The molecule has 1 aromatic rings. The molecule has 1 spiro atoms. The summed E-state index contributed by atoms with van der Waals surface area (Å²) in [6, 6.07) is 8.19. The van der Waals surface area contributed by atoms with Crippen LogP contribution in [-0.4, -0.2) is 49.6 Å². The van der Waals surface area contributed by atoms with Gasteiger partial charge in [-0.15, -0.1) is 0 Å². The Bertz CT molecular complexity index is 625. The number of piperidine rings is 2. The zero-order valence-corrected chi connectivity index (χ0v) is 16.3. The summed E-state index contributed by atoms with van der Waals surface area (Å²) in [5, 5.41) is 6.03. The van der Waals surface area contributed by atoms with Crippen molar-refractivity contribution in [3.05, 3.63) is 29.8 Å². The third-order valence-electron chi connectivity index (χ3n) is 5.81. The van der Waals surface area contributed by atoms with Crippen LogP contribution in [-0.2, 0) is 11.2 Å². The van der Waals surface area contributed by atoms with E-state index in [1.54, 1.807) is 0 Å². The van der Waals surface area contributed by atoms with Gasteiger partial charge >= 0.3 is 6.03 Å². The highest BCUT2D eigenvalue weighted by molar-refractivity contribution is 5.77. The number of likely N-dealkylation sites (tertiary alicyclic amines) is 1. The van der Waals surface area contributed by atoms with Gasteiger partial charge in [0, 0.05) is 32.6 Å². The first-order valence-corrected chi connectivity index (χ1v) is 10.1. The number of benzene rings is 1. The van der Waals surface area contributed by atoms with E-state index in [0.29, 0.717) is 19.6 Å². The monoisotopic (exact) mass is 373 g/mol. The number of carbonyl (C=O) groups is 2. The summed E-state index contributed by atoms with van der Waals surface area (Å²) in [5.41, 5.74) is 1.46. The van der Waals surface area contributed by atoms with E-state index in [0.717, 1.165) is 57.5 Å². The minimum absolute atomic E-state index is 0.0383. The van der Waals surface area contributed by atoms with Gasteiger partial charge in [-0.2, -0.15) is 0 Å². The van der Waals surface area contributed by atoms with Crippen LogP contribution in [0.3, 0.4) is 0 Å². The number of aryl methyl sites for hydroxylation is 1. The second kappa shape index (κ2) is 9.11. The van der Waals surface area contributed by atoms with Gasteiger partial charge in [-0.3, -0.25) is 4.79 Å². The molecule has 0 atom stereocenters. The van der Waals surface area contributed by atoms with E-state index in [1.807, 2.05) is 24.0 Å². The Balaban J connectivity index is 1.33. The normalized spacial score (nSPS) is 18.9. The molecule has 6 heteroatoms. The second-order valence-corrected chi connectivity index (χ2v) is 7.68. The number of nitrogens with one attached hydrogen (secondary N) is 2. The number of hydrogen-bond donors (Lipinski definition) is 2. The Morgan fingerprint density at radius 2 is 1.96 bits per heavy atom. The van der Waals surface area contributed by atoms with Gasteiger partial charge in [0.05, 0.1) is 6.61 Å². The quantitative estimate of drug-likeness (QED) is 0.753. The highest BCUT2D eigenvalue weighted by Crippen LogP contribution is 2.37. The maximum Gasteiger partial charge on any atom is 0.317 e. The molecule has 0 unspecified atom stereocenters. The van der Waals surface area contributed by atoms with Crippen molar-refractivity contribution >= 4 is 11.9 Å². The van der Waals surface area contributed by atoms with Crippen molar-refractivity contribution in [3.8, 4) is 5.75 Å². The van der Waals surface area contributed by atoms with Crippen molar-refractivity contribution in [1.29, 1.82) is 0 Å². The predicted molar refractivity (Wildman–Crippen MR) is 105 cm³/mol. The first-order valence-electron chi connectivity index (χ1n) is 10.1. The molecule has 3 rings (SSSR count). The molecule has 6 nitrogen and oxygen atoms in total. The Labute approximate surface area is 161 Å². The maximum absolute atomic E-state index is 12.4. The Morgan fingerprint density at radius 1 is 1.22 bits per heavy atom. The first kappa shape index (κ1) is 19.5. The zero-order valence-electron chi connectivity index (χ0n) is 16.3. The molecule has 1 aromatic carbocycles. The SMILES string of the molecule is CCOc1ccc(CCCNC(=O)N2CCC3(CCC(=O)NC3)CC2)cc1. The van der Waals surface area contributed by atoms with E-state index in [4.69, 9.17) is 4.74 Å². The van der Waals surface area contributed by atoms with Crippen molar-refractivity contribution in [3.63, 3.8) is 0 Å². The highest BCUT2D eigenvalue weighted by atomic mass is 16.5. The zero-order chi connectivity index (χ0) is 19.1. The fourth-order valence-electron chi connectivity index (χ4n) is 3.97. The number of amides is 3. The molecule has 148 valence electrons. The predicted octanol–water partition coefficient (Wildman–Crippen LogP) is 2.72. The number of rotatable bonds is 6. The van der Waals surface area contributed by atoms with Crippen molar-refractivity contribution < 1.29 is 14.3 Å². The molecule has 0 aliphatic carbocycles. The highest BCUT2D eigenvalue weighted by Gasteiger charge is 2.38. The lowest BCUT2D eigenvalue weighted by molar-refractivity contribution is -0.125. The third kappa shape index (κ3) is 5.37. The second-order valence-electron chi connectivity index (χ2n) is 7.68. The largest absolute Gasteiger partial charge is 0.494 e. The van der Waals surface area contributed by atoms with E-state index in [-0.39, 0.29) is 17.4 Å². The van der Waals surface area contributed by atoms with Gasteiger partial charge in [0.1, 0.15) is 5.75 Å². The third-order valence-corrected chi connectivity index (χ3v) is 5.81. The minimum atomic E-state index is 0.0383. The van der Waals surface area contributed by atoms with Crippen LogP contribution in [0.25, 0.3) is 0 Å². The number of carbonyl (C=O) groups excluding carboxylic acids is 2. The van der Waals surface area contributed by atoms with E-state index < -0.39 is 0 Å². The number of ether oxygens (including phenoxy) is 1. The molecule has 0 aromatic heterocycles. The van der Waals surface area contributed by atoms with Crippen LogP contribution in [0.15, 0.2) is 24.3 Å². The van der Waals surface area contributed by atoms with E-state index >= 15 is 0 Å². The van der Waals surface area contributed by atoms with Crippen LogP contribution in [0.2, 0.25) is 0 Å². The van der Waals surface area contributed by atoms with E-state index in [9.17, 15) is 9.59 Å². The summed E-state index contributed by atoms with van der Waals surface area (Å²) in [6.45, 7) is 5.66. The standard InChI is InChI=1S/C21H31N3O3/c1-2-27-18-7-5-17(6-8-18)4-3-13-22-20(26)24-14-11-21(12-15-24)10-9-19(25)23-16-21/h5-8H,2-4,9-16H2,1H3,(H,22,26)(H,23,25). The summed E-state index contributed by atoms with van der Waals surface area (Å²) in [6.07, 6.45) is 5.40. The lowest BCUT2D eigenvalue weighted by Gasteiger charge is -2.44. The topological polar surface area (TPSA) is 70.7 Å². The van der Waals surface area contributed by atoms with Crippen molar-refractivity contribution in [2.45, 2.75) is 45.4 Å². The van der Waals surface area contributed by atoms with Crippen LogP contribution in [0.1, 0.15) is 44.6 Å². The molecular weight excluding hydrogens is 342 g/mol.